The minimum Gasteiger partial charge on any atom is -0.388 e. The highest BCUT2D eigenvalue weighted by Gasteiger charge is 2.50. The van der Waals surface area contributed by atoms with Gasteiger partial charge in [-0.1, -0.05) is 90.4 Å². The third kappa shape index (κ3) is 11.0. The van der Waals surface area contributed by atoms with Crippen LogP contribution in [0.4, 0.5) is 0 Å². The zero-order valence-corrected chi connectivity index (χ0v) is 31.3. The van der Waals surface area contributed by atoms with Crippen LogP contribution in [0, 0.1) is 10.8 Å². The van der Waals surface area contributed by atoms with Gasteiger partial charge in [-0.25, -0.2) is 0 Å². The van der Waals surface area contributed by atoms with Crippen LogP contribution < -0.4 is 0 Å². The van der Waals surface area contributed by atoms with Crippen LogP contribution in [-0.2, 0) is 52.1 Å². The topological polar surface area (TPSA) is 122 Å². The summed E-state index contributed by atoms with van der Waals surface area (Å²) in [7, 11) is 0. The number of benzene rings is 2. The number of halogens is 1. The fourth-order valence-corrected chi connectivity index (χ4v) is 6.42. The van der Waals surface area contributed by atoms with Crippen LogP contribution in [0.1, 0.15) is 63.2 Å². The highest BCUT2D eigenvalue weighted by molar-refractivity contribution is 9.09. The number of rotatable bonds is 10. The van der Waals surface area contributed by atoms with Crippen molar-refractivity contribution in [2.75, 3.05) is 78.0 Å². The normalized spacial score (nSPS) is 37.1. The molecule has 284 valence electrons. The van der Waals surface area contributed by atoms with Crippen LogP contribution in [0.5, 0.6) is 0 Å². The van der Waals surface area contributed by atoms with E-state index in [1.54, 1.807) is 0 Å². The zero-order chi connectivity index (χ0) is 35.6. The van der Waals surface area contributed by atoms with Gasteiger partial charge in [0.1, 0.15) is 12.2 Å². The van der Waals surface area contributed by atoms with E-state index in [0.717, 1.165) is 55.5 Å². The summed E-state index contributed by atoms with van der Waals surface area (Å²) in [6, 6.07) is 19.7. The first kappa shape index (κ1) is 39.1. The van der Waals surface area contributed by atoms with Gasteiger partial charge in [-0.3, -0.25) is 0 Å². The molecule has 10 rings (SSSR count). The molecule has 1 N–H and O–H groups in total. The van der Waals surface area contributed by atoms with E-state index in [4.69, 9.17) is 57.2 Å². The summed E-state index contributed by atoms with van der Waals surface area (Å²) in [6.45, 7) is 11.0. The second-order valence-electron chi connectivity index (χ2n) is 14.6. The summed E-state index contributed by atoms with van der Waals surface area (Å²) in [5, 5.41) is 10.1. The molecule has 8 heterocycles. The third-order valence-corrected chi connectivity index (χ3v) is 9.89. The van der Waals surface area contributed by atoms with Gasteiger partial charge in [-0.15, -0.1) is 0 Å². The first-order valence-electron chi connectivity index (χ1n) is 18.0. The average Bonchev–Trinajstić information content (AvgIpc) is 3.19. The lowest BCUT2D eigenvalue weighted by Crippen LogP contribution is -2.58. The molecule has 13 heteroatoms. The summed E-state index contributed by atoms with van der Waals surface area (Å²) >= 11 is 3.39. The summed E-state index contributed by atoms with van der Waals surface area (Å²) in [5.74, 6) is -1.58. The van der Waals surface area contributed by atoms with E-state index in [0.29, 0.717) is 59.3 Å². The summed E-state index contributed by atoms with van der Waals surface area (Å²) < 4.78 is 62.1. The van der Waals surface area contributed by atoms with Crippen molar-refractivity contribution in [1.29, 1.82) is 0 Å². The Morgan fingerprint density at radius 2 is 1.00 bits per heavy atom. The molecule has 2 aromatic rings. The van der Waals surface area contributed by atoms with Gasteiger partial charge >= 0.3 is 0 Å². The van der Waals surface area contributed by atoms with Gasteiger partial charge in [0.05, 0.1) is 66.1 Å². The number of fused-ring (bicyclic) bond motifs is 6. The van der Waals surface area contributed by atoms with Crippen molar-refractivity contribution in [2.45, 2.75) is 76.3 Å². The van der Waals surface area contributed by atoms with Crippen molar-refractivity contribution < 1.29 is 57.2 Å². The standard InChI is InChI=1S/C19H26O6.C10H12O3.C9H15BrO3/c1-18-12-23-19(24-13-18,25-14-18)8-5-9-20-16-10-21-17(22-11-16)15-6-3-2-4-7-15;11-9-6-12-10(13-7-9)8-4-2-1-3-5-8;1-8-5-11-9(12-6-8,13-7-8)3-2-4-10/h2-4,6-7,16-17H,5,8-14H2,1H3;1-5,9-11H,6-7H2;2-7H2,1H3. The van der Waals surface area contributed by atoms with E-state index in [2.05, 4.69) is 29.8 Å². The van der Waals surface area contributed by atoms with E-state index in [1.165, 1.54) is 0 Å². The molecule has 8 fully saturated rings. The first-order chi connectivity index (χ1) is 24.7. The van der Waals surface area contributed by atoms with Crippen LogP contribution in [0.25, 0.3) is 0 Å². The number of aliphatic hydroxyl groups excluding tert-OH is 1. The summed E-state index contributed by atoms with van der Waals surface area (Å²) in [5.41, 5.74) is 2.11. The number of aliphatic hydroxyl groups is 1. The van der Waals surface area contributed by atoms with Gasteiger partial charge in [0.15, 0.2) is 12.6 Å². The fourth-order valence-electron chi connectivity index (χ4n) is 6.14. The Balaban J connectivity index is 0.000000145. The minimum atomic E-state index is -0.862. The van der Waals surface area contributed by atoms with Gasteiger partial charge in [0.25, 0.3) is 11.9 Å². The van der Waals surface area contributed by atoms with Crippen LogP contribution in [0.3, 0.4) is 0 Å². The van der Waals surface area contributed by atoms with E-state index < -0.39 is 18.1 Å². The molecule has 8 aliphatic heterocycles. The van der Waals surface area contributed by atoms with Crippen molar-refractivity contribution in [3.63, 3.8) is 0 Å². The zero-order valence-electron chi connectivity index (χ0n) is 29.7. The average molecular weight is 782 g/mol. The van der Waals surface area contributed by atoms with Crippen LogP contribution in [0.2, 0.25) is 0 Å². The molecule has 2 aromatic carbocycles. The SMILES string of the molecule is CC12COC(CCCBr)(OC1)OC2.CC12COC(CCCOC3COC(c4ccccc4)OC3)(OC1)OC2.OC1COC(c2ccccc2)OC1. The second kappa shape index (κ2) is 18.2. The van der Waals surface area contributed by atoms with Crippen LogP contribution >= 0.6 is 15.9 Å². The molecular formula is C38H53BrO12. The van der Waals surface area contributed by atoms with Gasteiger partial charge in [0, 0.05) is 46.7 Å². The van der Waals surface area contributed by atoms with Crippen LogP contribution in [-0.4, -0.2) is 107 Å². The molecule has 8 aliphatic rings. The Kier molecular flexibility index (Phi) is 14.0. The van der Waals surface area contributed by atoms with Crippen molar-refractivity contribution in [3.05, 3.63) is 71.8 Å². The van der Waals surface area contributed by atoms with Crippen molar-refractivity contribution in [3.8, 4) is 0 Å². The Morgan fingerprint density at radius 1 is 0.608 bits per heavy atom. The molecular weight excluding hydrogens is 728 g/mol. The number of alkyl halides is 1. The molecule has 51 heavy (non-hydrogen) atoms. The molecule has 0 radical (unpaired) electrons. The van der Waals surface area contributed by atoms with Crippen molar-refractivity contribution >= 4 is 15.9 Å². The Bertz CT molecular complexity index is 1250. The maximum Gasteiger partial charge on any atom is 0.283 e. The fraction of sp³-hybridized carbons (Fsp3) is 0.684. The molecule has 0 unspecified atom stereocenters. The monoisotopic (exact) mass is 780 g/mol. The first-order valence-corrected chi connectivity index (χ1v) is 19.1. The molecule has 8 saturated heterocycles. The Morgan fingerprint density at radius 3 is 1.41 bits per heavy atom. The second-order valence-corrected chi connectivity index (χ2v) is 15.4. The molecule has 0 aliphatic carbocycles. The molecule has 12 nitrogen and oxygen atoms in total. The molecule has 0 amide bonds. The quantitative estimate of drug-likeness (QED) is 0.238. The van der Waals surface area contributed by atoms with Gasteiger partial charge < -0.3 is 57.2 Å². The maximum absolute atomic E-state index is 9.12. The molecule has 0 aromatic heterocycles. The lowest BCUT2D eigenvalue weighted by atomic mass is 9.91. The maximum atomic E-state index is 9.12. The van der Waals surface area contributed by atoms with E-state index in [1.807, 2.05) is 60.7 Å². The molecule has 4 bridgehead atoms. The highest BCUT2D eigenvalue weighted by Crippen LogP contribution is 2.41. The summed E-state index contributed by atoms with van der Waals surface area (Å²) in [6.07, 6.45) is 2.16. The number of hydrogen-bond acceptors (Lipinski definition) is 12. The van der Waals surface area contributed by atoms with E-state index in [9.17, 15) is 0 Å². The molecule has 0 saturated carbocycles. The number of ether oxygens (including phenoxy) is 11. The van der Waals surface area contributed by atoms with Crippen molar-refractivity contribution in [1.82, 2.24) is 0 Å². The Labute approximate surface area is 309 Å². The Hall–Kier alpha value is -1.56. The minimum absolute atomic E-state index is 0.00428. The van der Waals surface area contributed by atoms with Crippen molar-refractivity contribution in [2.24, 2.45) is 10.8 Å². The molecule has 0 spiro atoms. The lowest BCUT2D eigenvalue weighted by molar-refractivity contribution is -0.468. The van der Waals surface area contributed by atoms with Gasteiger partial charge in [-0.2, -0.15) is 0 Å². The van der Waals surface area contributed by atoms with Gasteiger partial charge in [-0.05, 0) is 12.8 Å². The summed E-state index contributed by atoms with van der Waals surface area (Å²) in [4.78, 5) is 0. The lowest BCUT2D eigenvalue weighted by Gasteiger charge is -2.50. The predicted molar refractivity (Wildman–Crippen MR) is 188 cm³/mol. The molecule has 0 atom stereocenters. The third-order valence-electron chi connectivity index (χ3n) is 9.33. The largest absolute Gasteiger partial charge is 0.388 e. The highest BCUT2D eigenvalue weighted by atomic mass is 79.9. The van der Waals surface area contributed by atoms with Crippen LogP contribution in [0.15, 0.2) is 60.7 Å². The smallest absolute Gasteiger partial charge is 0.283 e. The van der Waals surface area contributed by atoms with Gasteiger partial charge in [0.2, 0.25) is 0 Å². The van der Waals surface area contributed by atoms with E-state index >= 15 is 0 Å². The number of hydrogen-bond donors (Lipinski definition) is 1. The predicted octanol–water partition coefficient (Wildman–Crippen LogP) is 5.63. The van der Waals surface area contributed by atoms with E-state index in [-0.39, 0.29) is 29.5 Å².